The smallest absolute Gasteiger partial charge is 0.257 e. The number of fused-ring (bicyclic) bond motifs is 1. The summed E-state index contributed by atoms with van der Waals surface area (Å²) < 4.78 is 12.9. The molecule has 1 heterocycles. The number of amides is 1. The average molecular weight is 265 g/mol. The average Bonchev–Trinajstić information content (AvgIpc) is 2.91. The highest BCUT2D eigenvalue weighted by molar-refractivity contribution is 5.97. The van der Waals surface area contributed by atoms with Gasteiger partial charge in [-0.2, -0.15) is 0 Å². The van der Waals surface area contributed by atoms with Gasteiger partial charge in [0, 0.05) is 25.1 Å². The van der Waals surface area contributed by atoms with E-state index in [0.717, 1.165) is 18.9 Å². The van der Waals surface area contributed by atoms with Crippen LogP contribution in [0.4, 0.5) is 4.39 Å². The maximum Gasteiger partial charge on any atom is 0.257 e. The van der Waals surface area contributed by atoms with Crippen molar-refractivity contribution in [2.45, 2.75) is 18.9 Å². The van der Waals surface area contributed by atoms with Gasteiger partial charge in [0.25, 0.3) is 5.91 Å². The molecule has 19 heavy (non-hydrogen) atoms. The van der Waals surface area contributed by atoms with E-state index >= 15 is 0 Å². The van der Waals surface area contributed by atoms with E-state index in [9.17, 15) is 19.4 Å². The minimum absolute atomic E-state index is 0.121. The summed E-state index contributed by atoms with van der Waals surface area (Å²) in [6, 6.07) is 3.41. The second-order valence-electron chi connectivity index (χ2n) is 5.44. The van der Waals surface area contributed by atoms with E-state index in [-0.39, 0.29) is 29.2 Å². The zero-order chi connectivity index (χ0) is 13.6. The number of hydrogen-bond acceptors (Lipinski definition) is 3. The standard InChI is InChI=1S/C14H16FNO3/c15-9-2-3-10(13(18)5-9)14(19)16-6-8-1-4-12(17)11(8)7-16/h2-3,5,8,11-12,17-18H,1,4,6-7H2. The molecule has 0 radical (unpaired) electrons. The van der Waals surface area contributed by atoms with Gasteiger partial charge < -0.3 is 15.1 Å². The summed E-state index contributed by atoms with van der Waals surface area (Å²) in [6.45, 7) is 1.12. The first kappa shape index (κ1) is 12.4. The maximum absolute atomic E-state index is 12.9. The van der Waals surface area contributed by atoms with Crippen molar-refractivity contribution >= 4 is 5.91 Å². The Morgan fingerprint density at radius 2 is 2.11 bits per heavy atom. The van der Waals surface area contributed by atoms with Crippen LogP contribution in [0.25, 0.3) is 0 Å². The molecule has 0 aromatic heterocycles. The van der Waals surface area contributed by atoms with Gasteiger partial charge in [-0.1, -0.05) is 0 Å². The van der Waals surface area contributed by atoms with Gasteiger partial charge in [-0.25, -0.2) is 4.39 Å². The van der Waals surface area contributed by atoms with Gasteiger partial charge in [0.15, 0.2) is 0 Å². The molecule has 0 spiro atoms. The van der Waals surface area contributed by atoms with E-state index in [2.05, 4.69) is 0 Å². The number of rotatable bonds is 1. The molecule has 2 fully saturated rings. The van der Waals surface area contributed by atoms with Gasteiger partial charge in [0.05, 0.1) is 11.7 Å². The predicted molar refractivity (Wildman–Crippen MR) is 66.2 cm³/mol. The van der Waals surface area contributed by atoms with Crippen LogP contribution in [0.2, 0.25) is 0 Å². The third kappa shape index (κ3) is 2.08. The Morgan fingerprint density at radius 1 is 1.32 bits per heavy atom. The first-order chi connectivity index (χ1) is 9.06. The maximum atomic E-state index is 12.9. The Balaban J connectivity index is 1.78. The van der Waals surface area contributed by atoms with Crippen molar-refractivity contribution in [1.29, 1.82) is 0 Å². The summed E-state index contributed by atoms with van der Waals surface area (Å²) in [4.78, 5) is 13.9. The fourth-order valence-corrected chi connectivity index (χ4v) is 3.26. The molecule has 1 aliphatic carbocycles. The lowest BCUT2D eigenvalue weighted by atomic mass is 10.00. The number of likely N-dealkylation sites (tertiary alicyclic amines) is 1. The molecule has 3 rings (SSSR count). The van der Waals surface area contributed by atoms with E-state index in [4.69, 9.17) is 0 Å². The molecule has 5 heteroatoms. The second-order valence-corrected chi connectivity index (χ2v) is 5.44. The number of aliphatic hydroxyl groups excluding tert-OH is 1. The van der Waals surface area contributed by atoms with Crippen LogP contribution in [-0.2, 0) is 0 Å². The van der Waals surface area contributed by atoms with Crippen molar-refractivity contribution in [3.8, 4) is 5.75 Å². The Hall–Kier alpha value is -1.62. The van der Waals surface area contributed by atoms with Gasteiger partial charge in [-0.05, 0) is 30.9 Å². The van der Waals surface area contributed by atoms with Crippen LogP contribution in [0.5, 0.6) is 5.75 Å². The number of halogens is 1. The first-order valence-corrected chi connectivity index (χ1v) is 6.52. The number of phenols is 1. The predicted octanol–water partition coefficient (Wildman–Crippen LogP) is 1.37. The summed E-state index contributed by atoms with van der Waals surface area (Å²) in [5.74, 6) is -0.697. The van der Waals surface area contributed by atoms with Crippen molar-refractivity contribution in [2.24, 2.45) is 11.8 Å². The molecule has 1 aliphatic heterocycles. The lowest BCUT2D eigenvalue weighted by Gasteiger charge is -2.19. The highest BCUT2D eigenvalue weighted by Gasteiger charge is 2.43. The molecule has 0 bridgehead atoms. The van der Waals surface area contributed by atoms with Crippen molar-refractivity contribution in [3.05, 3.63) is 29.6 Å². The Labute approximate surface area is 110 Å². The molecule has 3 atom stereocenters. The molecule has 1 saturated heterocycles. The molecule has 3 unspecified atom stereocenters. The molecule has 1 aromatic carbocycles. The van der Waals surface area contributed by atoms with Crippen LogP contribution < -0.4 is 0 Å². The number of carbonyl (C=O) groups excluding carboxylic acids is 1. The topological polar surface area (TPSA) is 60.8 Å². The minimum Gasteiger partial charge on any atom is -0.507 e. The van der Waals surface area contributed by atoms with Crippen molar-refractivity contribution in [2.75, 3.05) is 13.1 Å². The Bertz CT molecular complexity index is 519. The Morgan fingerprint density at radius 3 is 2.79 bits per heavy atom. The fourth-order valence-electron chi connectivity index (χ4n) is 3.26. The third-order valence-electron chi connectivity index (χ3n) is 4.30. The van der Waals surface area contributed by atoms with Crippen LogP contribution in [0.1, 0.15) is 23.2 Å². The number of benzene rings is 1. The highest BCUT2D eigenvalue weighted by atomic mass is 19.1. The molecule has 102 valence electrons. The van der Waals surface area contributed by atoms with E-state index in [1.165, 1.54) is 12.1 Å². The van der Waals surface area contributed by atoms with E-state index < -0.39 is 5.82 Å². The normalized spacial score (nSPS) is 29.6. The monoisotopic (exact) mass is 265 g/mol. The molecule has 4 nitrogen and oxygen atoms in total. The number of aliphatic hydroxyl groups is 1. The molecule has 1 aromatic rings. The van der Waals surface area contributed by atoms with Crippen LogP contribution in [0, 0.1) is 17.7 Å². The minimum atomic E-state index is -0.567. The molecule has 2 N–H and O–H groups in total. The summed E-state index contributed by atoms with van der Waals surface area (Å²) in [5, 5.41) is 19.5. The molecule has 1 saturated carbocycles. The van der Waals surface area contributed by atoms with Gasteiger partial charge >= 0.3 is 0 Å². The first-order valence-electron chi connectivity index (χ1n) is 6.52. The van der Waals surface area contributed by atoms with Crippen LogP contribution in [-0.4, -0.2) is 40.2 Å². The zero-order valence-electron chi connectivity index (χ0n) is 10.4. The largest absolute Gasteiger partial charge is 0.507 e. The van der Waals surface area contributed by atoms with Gasteiger partial charge in [-0.3, -0.25) is 4.79 Å². The van der Waals surface area contributed by atoms with E-state index in [1.807, 2.05) is 0 Å². The number of carbonyl (C=O) groups is 1. The lowest BCUT2D eigenvalue weighted by Crippen LogP contribution is -2.31. The fraction of sp³-hybridized carbons (Fsp3) is 0.500. The summed E-state index contributed by atoms with van der Waals surface area (Å²) in [6.07, 6.45) is 1.41. The van der Waals surface area contributed by atoms with Gasteiger partial charge in [-0.15, -0.1) is 0 Å². The van der Waals surface area contributed by atoms with Crippen LogP contribution in [0.15, 0.2) is 18.2 Å². The molecule has 1 amide bonds. The van der Waals surface area contributed by atoms with Gasteiger partial charge in [0.2, 0.25) is 0 Å². The summed E-state index contributed by atoms with van der Waals surface area (Å²) in [7, 11) is 0. The van der Waals surface area contributed by atoms with Crippen LogP contribution in [0.3, 0.4) is 0 Å². The highest BCUT2D eigenvalue weighted by Crippen LogP contribution is 2.38. The zero-order valence-corrected chi connectivity index (χ0v) is 10.4. The second kappa shape index (κ2) is 4.49. The number of hydrogen-bond donors (Lipinski definition) is 2. The van der Waals surface area contributed by atoms with E-state index in [1.54, 1.807) is 4.90 Å². The van der Waals surface area contributed by atoms with Crippen molar-refractivity contribution < 1.29 is 19.4 Å². The van der Waals surface area contributed by atoms with Gasteiger partial charge in [0.1, 0.15) is 11.6 Å². The molecule has 2 aliphatic rings. The SMILES string of the molecule is O=C(c1ccc(F)cc1O)N1CC2CCC(O)C2C1. The molecular weight excluding hydrogens is 249 g/mol. The number of aromatic hydroxyl groups is 1. The Kier molecular flexibility index (Phi) is 2.93. The van der Waals surface area contributed by atoms with Crippen molar-refractivity contribution in [3.63, 3.8) is 0 Å². The lowest BCUT2D eigenvalue weighted by molar-refractivity contribution is 0.0749. The third-order valence-corrected chi connectivity index (χ3v) is 4.30. The quantitative estimate of drug-likeness (QED) is 0.806. The van der Waals surface area contributed by atoms with E-state index in [0.29, 0.717) is 19.0 Å². The van der Waals surface area contributed by atoms with Crippen molar-refractivity contribution in [1.82, 2.24) is 4.90 Å². The summed E-state index contributed by atoms with van der Waals surface area (Å²) in [5.41, 5.74) is 0.121. The molecular formula is C14H16FNO3. The number of nitrogens with zero attached hydrogens (tertiary/aromatic N) is 1. The summed E-state index contributed by atoms with van der Waals surface area (Å²) >= 11 is 0. The van der Waals surface area contributed by atoms with Crippen LogP contribution >= 0.6 is 0 Å². The number of phenolic OH excluding ortho intramolecular Hbond substituents is 1.